The van der Waals surface area contributed by atoms with Crippen LogP contribution in [0.25, 0.3) is 0 Å². The number of amides is 1. The van der Waals surface area contributed by atoms with Crippen molar-refractivity contribution in [2.24, 2.45) is 0 Å². The SMILES string of the molecule is CC(c1ccccc1)c1cnc(N2CCN(c3ncnc(Cc4cnn(C[C@@H]5CN(C(=O)OC(C)(C)C)CCO5)c4)n3)CC2)nc1.CC(c1ccccc1)c1cnc(N2CCN(c3ncnc(Cc4cnn(C[C@@H]5CNCCO5)c4)n3)CC2)nc1.C[C@H](c1ccccc1)c1cnc(N2CCN(c3ncnc(Cc4cnn(C[C@@H]5CNCCO5)c4)n3)CC2)nc1.C[CH-]c1ccccc1.[Zn+][Br]. The van der Waals surface area contributed by atoms with Crippen LogP contribution in [0.4, 0.5) is 40.5 Å². The van der Waals surface area contributed by atoms with Crippen molar-refractivity contribution in [2.75, 3.05) is 167 Å². The first-order chi connectivity index (χ1) is 65.5. The number of ether oxygens (including phenoxy) is 4. The van der Waals surface area contributed by atoms with Gasteiger partial charge in [-0.15, -0.1) is 12.1 Å². The molecule has 13 aromatic rings. The van der Waals surface area contributed by atoms with Gasteiger partial charge in [0.1, 0.15) is 42.1 Å². The van der Waals surface area contributed by atoms with E-state index in [1.54, 1.807) is 23.9 Å². The first kappa shape index (κ1) is 96.2. The zero-order valence-electron chi connectivity index (χ0n) is 77.5. The molecule has 35 nitrogen and oxygen atoms in total. The number of hydrogen-bond acceptors (Lipinski definition) is 31. The van der Waals surface area contributed by atoms with Gasteiger partial charge in [0.05, 0.1) is 82.9 Å². The molecule has 6 aliphatic heterocycles. The van der Waals surface area contributed by atoms with E-state index in [0.29, 0.717) is 69.2 Å². The molecule has 4 aromatic carbocycles. The molecule has 19 rings (SSSR count). The third-order valence-corrected chi connectivity index (χ3v) is 24.0. The number of carbonyl (C=O) groups excluding carboxylic acids is 1. The van der Waals surface area contributed by atoms with Crippen LogP contribution in [0, 0.1) is 6.42 Å². The summed E-state index contributed by atoms with van der Waals surface area (Å²) in [4.78, 5) is 96.4. The van der Waals surface area contributed by atoms with Gasteiger partial charge in [0.2, 0.25) is 35.7 Å². The van der Waals surface area contributed by atoms with E-state index in [2.05, 4.69) is 241 Å². The van der Waals surface area contributed by atoms with Crippen LogP contribution in [-0.4, -0.2) is 277 Å². The maximum absolute atomic E-state index is 12.5. The molecule has 0 radical (unpaired) electrons. The summed E-state index contributed by atoms with van der Waals surface area (Å²) in [6.45, 7) is 32.1. The number of carbonyl (C=O) groups is 1. The fraction of sp³-hybridized carbons (Fsp3) is 0.423. The molecule has 1 amide bonds. The quantitative estimate of drug-likeness (QED) is 0.0396. The Bertz CT molecular complexity index is 5460. The molecule has 696 valence electrons. The number of benzene rings is 4. The van der Waals surface area contributed by atoms with Crippen LogP contribution in [0.15, 0.2) is 215 Å². The number of anilines is 6. The van der Waals surface area contributed by atoms with E-state index < -0.39 is 5.60 Å². The Morgan fingerprint density at radius 3 is 1.01 bits per heavy atom. The van der Waals surface area contributed by atoms with Gasteiger partial charge in [0.15, 0.2) is 0 Å². The number of hydrogen-bond donors (Lipinski definition) is 2. The average molecular weight is 1930 g/mol. The predicted octanol–water partition coefficient (Wildman–Crippen LogP) is 10.5. The minimum absolute atomic E-state index is 0.148. The fourth-order valence-electron chi connectivity index (χ4n) is 16.4. The van der Waals surface area contributed by atoms with Crippen molar-refractivity contribution in [1.29, 1.82) is 0 Å². The fourth-order valence-corrected chi connectivity index (χ4v) is 16.4. The van der Waals surface area contributed by atoms with E-state index in [-0.39, 0.29) is 42.2 Å². The maximum atomic E-state index is 12.5. The molecule has 0 saturated carbocycles. The van der Waals surface area contributed by atoms with Gasteiger partial charge >= 0.3 is 36.1 Å². The van der Waals surface area contributed by atoms with Gasteiger partial charge in [-0.25, -0.2) is 64.6 Å². The van der Waals surface area contributed by atoms with Crippen molar-refractivity contribution in [2.45, 2.75) is 129 Å². The Labute approximate surface area is 800 Å². The van der Waals surface area contributed by atoms with Gasteiger partial charge in [0.25, 0.3) is 0 Å². The summed E-state index contributed by atoms with van der Waals surface area (Å²) in [5, 5.41) is 20.2. The van der Waals surface area contributed by atoms with E-state index in [9.17, 15) is 4.79 Å². The Morgan fingerprint density at radius 2 is 0.709 bits per heavy atom. The first-order valence-corrected chi connectivity index (χ1v) is 53.0. The number of morpholine rings is 3. The van der Waals surface area contributed by atoms with Crippen LogP contribution in [0.2, 0.25) is 0 Å². The van der Waals surface area contributed by atoms with Gasteiger partial charge < -0.3 is 63.9 Å². The van der Waals surface area contributed by atoms with Crippen molar-refractivity contribution in [3.05, 3.63) is 294 Å². The molecule has 6 aliphatic rings. The molecule has 0 bridgehead atoms. The van der Waals surface area contributed by atoms with Crippen molar-refractivity contribution in [1.82, 2.24) is 120 Å². The summed E-state index contributed by atoms with van der Waals surface area (Å²) < 4.78 is 28.7. The molecule has 6 fully saturated rings. The average Bonchev–Trinajstić information content (AvgIpc) is 0.916. The van der Waals surface area contributed by atoms with Crippen molar-refractivity contribution < 1.29 is 40.1 Å². The second-order valence-electron chi connectivity index (χ2n) is 34.6. The van der Waals surface area contributed by atoms with Crippen LogP contribution >= 0.6 is 13.6 Å². The number of halogens is 1. The Morgan fingerprint density at radius 1 is 0.403 bits per heavy atom. The first-order valence-electron chi connectivity index (χ1n) is 46.1. The van der Waals surface area contributed by atoms with Crippen molar-refractivity contribution in [3.63, 3.8) is 0 Å². The molecular formula is C97H119BrN30O5Zn. The second kappa shape index (κ2) is 48.5. The molecule has 2 N–H and O–H groups in total. The Balaban J connectivity index is 0.000000146. The summed E-state index contributed by atoms with van der Waals surface area (Å²) in [6.07, 6.45) is 31.8. The summed E-state index contributed by atoms with van der Waals surface area (Å²) in [7, 11) is 0. The van der Waals surface area contributed by atoms with Crippen LogP contribution in [0.5, 0.6) is 0 Å². The molecule has 6 atom stereocenters. The summed E-state index contributed by atoms with van der Waals surface area (Å²) in [6, 6.07) is 41.6. The zero-order chi connectivity index (χ0) is 92.8. The van der Waals surface area contributed by atoms with Gasteiger partial charge in [-0.2, -0.15) is 54.4 Å². The number of rotatable bonds is 25. The third-order valence-electron chi connectivity index (χ3n) is 24.0. The van der Waals surface area contributed by atoms with E-state index >= 15 is 0 Å². The molecule has 2 unspecified atom stereocenters. The number of piperazine rings is 3. The molecule has 134 heavy (non-hydrogen) atoms. The molecule has 0 spiro atoms. The summed E-state index contributed by atoms with van der Waals surface area (Å²) in [5.41, 5.74) is 11.0. The third kappa shape index (κ3) is 27.9. The van der Waals surface area contributed by atoms with Crippen molar-refractivity contribution in [3.8, 4) is 0 Å². The number of aromatic nitrogens is 21. The standard InChI is InChI=1S/C33H42N10O3.2C28H34N10O.C8H9.BrH.Zn/c1-24(26-8-6-5-7-9-26)27-18-34-30(35-19-27)40-10-12-41(13-11-40)31-37-23-36-29(39-31)16-25-17-38-43(20-25)22-28-21-42(14-15-45-28)32(44)46-33(2,3)4;2*1-21(23-5-3-2-4-6-23)24-15-30-27(31-16-24)36-8-10-37(11-9-36)28-33-20-32-26(35-28)13-22-14-34-38(18-22)19-25-17-29-7-12-39-25;1-2-8-6-4-3-5-7-8;;/h5-9,17-20,23-24,28H,10-16,21-22H2,1-4H3;2*2-6,14-16,18,20-21,25,29H,7-13,17,19H2,1H3;2-7H,1H3;1H;/q;;;-1;;+2/p-1/t24?,28-;21?,25-;21-,25+;;;/m001.../s1. The van der Waals surface area contributed by atoms with Gasteiger partial charge in [-0.1, -0.05) is 125 Å². The molecule has 9 aromatic heterocycles. The van der Waals surface area contributed by atoms with Crippen LogP contribution in [-0.2, 0) is 74.2 Å². The predicted molar refractivity (Wildman–Crippen MR) is 513 cm³/mol. The Kier molecular flexibility index (Phi) is 34.8. The van der Waals surface area contributed by atoms with Crippen LogP contribution in [0.3, 0.4) is 0 Å². The van der Waals surface area contributed by atoms with E-state index in [1.807, 2.05) is 153 Å². The topological polar surface area (TPSA) is 348 Å². The van der Waals surface area contributed by atoms with Gasteiger partial charge in [0, 0.05) is 204 Å². The van der Waals surface area contributed by atoms with Gasteiger partial charge in [-0.05, 0) is 70.8 Å². The van der Waals surface area contributed by atoms with E-state index in [4.69, 9.17) is 33.9 Å². The second-order valence-corrected chi connectivity index (χ2v) is 34.6. The normalized spacial score (nSPS) is 17.7. The minimum atomic E-state index is -0.533. The molecule has 6 saturated heterocycles. The monoisotopic (exact) mass is 1930 g/mol. The van der Waals surface area contributed by atoms with Crippen LogP contribution in [0.1, 0.15) is 139 Å². The molecule has 37 heteroatoms. The van der Waals surface area contributed by atoms with Crippen molar-refractivity contribution >= 4 is 55.4 Å². The van der Waals surface area contributed by atoms with E-state index in [0.717, 1.165) is 194 Å². The summed E-state index contributed by atoms with van der Waals surface area (Å²) in [5.74, 6) is 7.28. The van der Waals surface area contributed by atoms with Gasteiger partial charge in [-0.3, -0.25) is 14.0 Å². The number of nitrogens with one attached hydrogen (secondary N) is 2. The molecule has 0 aliphatic carbocycles. The van der Waals surface area contributed by atoms with E-state index in [1.165, 1.54) is 38.6 Å². The molecule has 15 heterocycles. The number of nitrogens with zero attached hydrogens (tertiary/aromatic N) is 28. The Hall–Kier alpha value is -12.4. The summed E-state index contributed by atoms with van der Waals surface area (Å²) >= 11 is 4.25. The van der Waals surface area contributed by atoms with Crippen LogP contribution < -0.4 is 40.0 Å². The molecular weight excluding hydrogens is 1810 g/mol. The zero-order valence-corrected chi connectivity index (χ0v) is 82.0.